The Balaban J connectivity index is 1.67. The zero-order chi connectivity index (χ0) is 15.2. The second-order valence-electron chi connectivity index (χ2n) is 4.71. The maximum Gasteiger partial charge on any atom is 0.332 e. The largest absolute Gasteiger partial charge is 0.484 e. The van der Waals surface area contributed by atoms with E-state index in [4.69, 9.17) is 14.6 Å². The second kappa shape index (κ2) is 7.42. The molecular weight excluding hydrogens is 342 g/mol. The molecule has 1 aromatic carbocycles. The summed E-state index contributed by atoms with van der Waals surface area (Å²) < 4.78 is 11.5. The number of carbonyl (C=O) groups excluding carboxylic acids is 1. The summed E-state index contributed by atoms with van der Waals surface area (Å²) in [5.74, 6) is -0.623. The van der Waals surface area contributed by atoms with Crippen molar-refractivity contribution in [2.24, 2.45) is 0 Å². The lowest BCUT2D eigenvalue weighted by atomic mass is 10.2. The van der Waals surface area contributed by atoms with Gasteiger partial charge in [0.15, 0.2) is 12.7 Å². The van der Waals surface area contributed by atoms with Gasteiger partial charge < -0.3 is 19.9 Å². The monoisotopic (exact) mass is 357 g/mol. The van der Waals surface area contributed by atoms with Gasteiger partial charge in [0.1, 0.15) is 5.75 Å². The van der Waals surface area contributed by atoms with E-state index in [1.54, 1.807) is 12.1 Å². The molecule has 114 valence electrons. The predicted octanol–water partition coefficient (Wildman–Crippen LogP) is 1.58. The fourth-order valence-corrected chi connectivity index (χ4v) is 2.40. The van der Waals surface area contributed by atoms with Crippen molar-refractivity contribution < 1.29 is 24.2 Å². The van der Waals surface area contributed by atoms with E-state index in [2.05, 4.69) is 21.2 Å². The van der Waals surface area contributed by atoms with Gasteiger partial charge in [-0.15, -0.1) is 0 Å². The number of ether oxygens (including phenoxy) is 2. The number of amides is 1. The summed E-state index contributed by atoms with van der Waals surface area (Å²) in [6.45, 7) is 0.204. The molecule has 1 fully saturated rings. The van der Waals surface area contributed by atoms with Crippen LogP contribution in [0.1, 0.15) is 12.8 Å². The molecule has 2 N–H and O–H groups in total. The Labute approximate surface area is 130 Å². The van der Waals surface area contributed by atoms with Gasteiger partial charge in [-0.3, -0.25) is 4.79 Å². The molecule has 1 aliphatic heterocycles. The number of aliphatic carboxylic acids is 1. The first-order valence-corrected chi connectivity index (χ1v) is 7.37. The minimum atomic E-state index is -0.957. The zero-order valence-electron chi connectivity index (χ0n) is 11.3. The molecule has 0 bridgehead atoms. The highest BCUT2D eigenvalue weighted by molar-refractivity contribution is 9.10. The van der Waals surface area contributed by atoms with Crippen molar-refractivity contribution in [3.63, 3.8) is 0 Å². The average molecular weight is 358 g/mol. The van der Waals surface area contributed by atoms with E-state index in [1.165, 1.54) is 0 Å². The van der Waals surface area contributed by atoms with Crippen LogP contribution in [-0.4, -0.2) is 42.3 Å². The fourth-order valence-electron chi connectivity index (χ4n) is 2.02. The molecule has 21 heavy (non-hydrogen) atoms. The van der Waals surface area contributed by atoms with Crippen molar-refractivity contribution in [1.29, 1.82) is 0 Å². The maximum atomic E-state index is 11.7. The number of hydrogen-bond acceptors (Lipinski definition) is 4. The van der Waals surface area contributed by atoms with Gasteiger partial charge in [0, 0.05) is 11.0 Å². The summed E-state index contributed by atoms with van der Waals surface area (Å²) in [6, 6.07) is 7.21. The topological polar surface area (TPSA) is 84.9 Å². The Morgan fingerprint density at radius 1 is 1.43 bits per heavy atom. The quantitative estimate of drug-likeness (QED) is 0.807. The molecule has 6 nitrogen and oxygen atoms in total. The average Bonchev–Trinajstić information content (AvgIpc) is 2.92. The summed E-state index contributed by atoms with van der Waals surface area (Å²) >= 11 is 3.32. The number of carboxylic acids is 1. The number of halogens is 1. The first-order chi connectivity index (χ1) is 10.0. The van der Waals surface area contributed by atoms with Crippen molar-refractivity contribution in [2.45, 2.75) is 25.0 Å². The minimum Gasteiger partial charge on any atom is -0.484 e. The summed E-state index contributed by atoms with van der Waals surface area (Å²) in [5.41, 5.74) is 0. The highest BCUT2D eigenvalue weighted by atomic mass is 79.9. The van der Waals surface area contributed by atoms with Gasteiger partial charge in [-0.25, -0.2) is 4.79 Å². The van der Waals surface area contributed by atoms with Gasteiger partial charge in [0.25, 0.3) is 5.91 Å². The van der Waals surface area contributed by atoms with E-state index in [0.717, 1.165) is 4.47 Å². The van der Waals surface area contributed by atoms with Crippen molar-refractivity contribution >= 4 is 27.8 Å². The molecular formula is C14H16BrNO5. The lowest BCUT2D eigenvalue weighted by Gasteiger charge is -2.12. The van der Waals surface area contributed by atoms with Crippen LogP contribution in [0, 0.1) is 0 Å². The second-order valence-corrected chi connectivity index (χ2v) is 5.63. The van der Waals surface area contributed by atoms with Crippen LogP contribution in [0.5, 0.6) is 5.75 Å². The highest BCUT2D eigenvalue weighted by Gasteiger charge is 2.30. The van der Waals surface area contributed by atoms with Crippen LogP contribution in [0.15, 0.2) is 28.7 Å². The number of benzene rings is 1. The van der Waals surface area contributed by atoms with Crippen LogP contribution in [0.3, 0.4) is 0 Å². The van der Waals surface area contributed by atoms with Gasteiger partial charge in [0.05, 0.1) is 6.10 Å². The van der Waals surface area contributed by atoms with E-state index >= 15 is 0 Å². The van der Waals surface area contributed by atoms with Gasteiger partial charge in [-0.05, 0) is 31.0 Å². The molecule has 1 aromatic rings. The predicted molar refractivity (Wildman–Crippen MR) is 78.2 cm³/mol. The Morgan fingerprint density at radius 3 is 2.90 bits per heavy atom. The standard InChI is InChI=1S/C14H16BrNO5/c15-9-2-1-3-10(6-9)20-8-13(17)16-7-11-4-5-12(21-11)14(18)19/h1-3,6,11-12H,4-5,7-8H2,(H,16,17)(H,18,19). The third-order valence-corrected chi connectivity index (χ3v) is 3.57. The van der Waals surface area contributed by atoms with Crippen molar-refractivity contribution in [3.8, 4) is 5.75 Å². The maximum absolute atomic E-state index is 11.7. The van der Waals surface area contributed by atoms with Crippen LogP contribution in [-0.2, 0) is 14.3 Å². The van der Waals surface area contributed by atoms with Gasteiger partial charge in [-0.2, -0.15) is 0 Å². The number of carboxylic acid groups (broad SMARTS) is 1. The van der Waals surface area contributed by atoms with Crippen molar-refractivity contribution in [2.75, 3.05) is 13.2 Å². The van der Waals surface area contributed by atoms with Gasteiger partial charge in [0.2, 0.25) is 0 Å². The molecule has 0 aromatic heterocycles. The fraction of sp³-hybridized carbons (Fsp3) is 0.429. The molecule has 2 atom stereocenters. The van der Waals surface area contributed by atoms with Gasteiger partial charge in [-0.1, -0.05) is 22.0 Å². The highest BCUT2D eigenvalue weighted by Crippen LogP contribution is 2.19. The molecule has 7 heteroatoms. The molecule has 0 radical (unpaired) electrons. The SMILES string of the molecule is O=C(COc1cccc(Br)c1)NCC1CCC(C(=O)O)O1. The normalized spacial score (nSPS) is 21.0. The first kappa shape index (κ1) is 15.8. The van der Waals surface area contributed by atoms with Crippen LogP contribution in [0.4, 0.5) is 0 Å². The Bertz CT molecular complexity index is 522. The van der Waals surface area contributed by atoms with E-state index in [0.29, 0.717) is 25.1 Å². The summed E-state index contributed by atoms with van der Waals surface area (Å²) in [6.07, 6.45) is 0.0967. The molecule has 0 spiro atoms. The zero-order valence-corrected chi connectivity index (χ0v) is 12.8. The molecule has 0 aliphatic carbocycles. The van der Waals surface area contributed by atoms with Crippen molar-refractivity contribution in [1.82, 2.24) is 5.32 Å². The van der Waals surface area contributed by atoms with Crippen LogP contribution in [0.2, 0.25) is 0 Å². The Hall–Kier alpha value is -1.60. The number of carbonyl (C=O) groups is 2. The summed E-state index contributed by atoms with van der Waals surface area (Å²) in [5, 5.41) is 11.5. The van der Waals surface area contributed by atoms with Crippen molar-refractivity contribution in [3.05, 3.63) is 28.7 Å². The van der Waals surface area contributed by atoms with E-state index in [1.807, 2.05) is 12.1 Å². The molecule has 1 heterocycles. The molecule has 1 aliphatic rings. The third-order valence-electron chi connectivity index (χ3n) is 3.08. The molecule has 0 saturated carbocycles. The summed E-state index contributed by atoms with van der Waals surface area (Å²) in [4.78, 5) is 22.4. The van der Waals surface area contributed by atoms with Crippen LogP contribution in [0.25, 0.3) is 0 Å². The van der Waals surface area contributed by atoms with Crippen LogP contribution < -0.4 is 10.1 Å². The number of rotatable bonds is 6. The minimum absolute atomic E-state index is 0.0917. The van der Waals surface area contributed by atoms with Crippen LogP contribution >= 0.6 is 15.9 Å². The Kier molecular flexibility index (Phi) is 5.58. The summed E-state index contributed by atoms with van der Waals surface area (Å²) in [7, 11) is 0. The van der Waals surface area contributed by atoms with E-state index < -0.39 is 12.1 Å². The van der Waals surface area contributed by atoms with E-state index in [9.17, 15) is 9.59 Å². The smallest absolute Gasteiger partial charge is 0.332 e. The number of nitrogens with one attached hydrogen (secondary N) is 1. The molecule has 2 unspecified atom stereocenters. The van der Waals surface area contributed by atoms with Gasteiger partial charge >= 0.3 is 5.97 Å². The first-order valence-electron chi connectivity index (χ1n) is 6.58. The number of hydrogen-bond donors (Lipinski definition) is 2. The molecule has 1 saturated heterocycles. The Morgan fingerprint density at radius 2 is 2.24 bits per heavy atom. The molecule has 1 amide bonds. The van der Waals surface area contributed by atoms with E-state index in [-0.39, 0.29) is 18.6 Å². The lowest BCUT2D eigenvalue weighted by molar-refractivity contribution is -0.149. The lowest BCUT2D eigenvalue weighted by Crippen LogP contribution is -2.35. The molecule has 2 rings (SSSR count). The third kappa shape index (κ3) is 5.02.